The number of carbonyl (C=O) groups is 1. The van der Waals surface area contributed by atoms with Crippen LogP contribution in [-0.2, 0) is 16.8 Å². The van der Waals surface area contributed by atoms with Gasteiger partial charge in [0.25, 0.3) is 0 Å². The fourth-order valence-electron chi connectivity index (χ4n) is 4.78. The van der Waals surface area contributed by atoms with Gasteiger partial charge in [-0.3, -0.25) is 9.69 Å². The summed E-state index contributed by atoms with van der Waals surface area (Å²) < 4.78 is 5.44. The lowest BCUT2D eigenvalue weighted by atomic mass is 9.86. The zero-order valence-corrected chi connectivity index (χ0v) is 17.8. The van der Waals surface area contributed by atoms with Crippen molar-refractivity contribution < 1.29 is 9.32 Å². The van der Waals surface area contributed by atoms with E-state index in [-0.39, 0.29) is 5.41 Å². The van der Waals surface area contributed by atoms with Crippen LogP contribution in [0.4, 0.5) is 0 Å². The predicted octanol–water partition coefficient (Wildman–Crippen LogP) is 3.76. The highest BCUT2D eigenvalue weighted by atomic mass is 16.5. The minimum absolute atomic E-state index is 0.102. The van der Waals surface area contributed by atoms with E-state index in [4.69, 9.17) is 4.52 Å². The Morgan fingerprint density at radius 1 is 1.04 bits per heavy atom. The fourth-order valence-corrected chi connectivity index (χ4v) is 4.78. The minimum Gasteiger partial charge on any atom is -0.339 e. The molecule has 1 aromatic heterocycles. The predicted molar refractivity (Wildman–Crippen MR) is 108 cm³/mol. The Bertz CT molecular complexity index is 668. The van der Waals surface area contributed by atoms with Gasteiger partial charge in [0.05, 0.1) is 6.54 Å². The van der Waals surface area contributed by atoms with Crippen LogP contribution in [0.1, 0.15) is 83.9 Å². The first-order valence-electron chi connectivity index (χ1n) is 11.3. The second-order valence-corrected chi connectivity index (χ2v) is 10.1. The van der Waals surface area contributed by atoms with Gasteiger partial charge in [-0.15, -0.1) is 0 Å². The molecule has 0 N–H and O–H groups in total. The van der Waals surface area contributed by atoms with Crippen molar-refractivity contribution in [2.45, 2.75) is 90.1 Å². The number of nitrogens with zero attached hydrogens (tertiary/aromatic N) is 4. The van der Waals surface area contributed by atoms with E-state index in [0.717, 1.165) is 44.8 Å². The second kappa shape index (κ2) is 8.13. The lowest BCUT2D eigenvalue weighted by molar-refractivity contribution is -0.136. The topological polar surface area (TPSA) is 62.5 Å². The van der Waals surface area contributed by atoms with Gasteiger partial charge in [-0.05, 0) is 57.5 Å². The maximum atomic E-state index is 12.8. The van der Waals surface area contributed by atoms with E-state index in [1.54, 1.807) is 0 Å². The molecule has 6 heteroatoms. The maximum absolute atomic E-state index is 12.8. The number of hydrogen-bond donors (Lipinski definition) is 0. The first-order valence-corrected chi connectivity index (χ1v) is 11.3. The second-order valence-electron chi connectivity index (χ2n) is 10.1. The Morgan fingerprint density at radius 3 is 2.43 bits per heavy atom. The average Bonchev–Trinajstić information content (AvgIpc) is 3.44. The zero-order valence-electron chi connectivity index (χ0n) is 17.8. The number of aromatic nitrogens is 2. The molecule has 1 aliphatic carbocycles. The minimum atomic E-state index is -0.102. The summed E-state index contributed by atoms with van der Waals surface area (Å²) in [7, 11) is 0. The third-order valence-electron chi connectivity index (χ3n) is 6.66. The van der Waals surface area contributed by atoms with E-state index < -0.39 is 0 Å². The molecule has 0 radical (unpaired) electrons. The monoisotopic (exact) mass is 388 g/mol. The van der Waals surface area contributed by atoms with Crippen molar-refractivity contribution in [2.24, 2.45) is 11.8 Å². The summed E-state index contributed by atoms with van der Waals surface area (Å²) in [5.74, 6) is 2.95. The molecular formula is C22H36N4O2. The summed E-state index contributed by atoms with van der Waals surface area (Å²) in [6, 6.07) is 0.468. The van der Waals surface area contributed by atoms with Crippen LogP contribution in [0, 0.1) is 11.8 Å². The average molecular weight is 389 g/mol. The van der Waals surface area contributed by atoms with Crippen molar-refractivity contribution >= 4 is 5.91 Å². The molecule has 1 atom stereocenters. The molecule has 0 aromatic carbocycles. The van der Waals surface area contributed by atoms with Crippen molar-refractivity contribution in [1.29, 1.82) is 0 Å². The van der Waals surface area contributed by atoms with Gasteiger partial charge in [0.15, 0.2) is 5.82 Å². The number of amides is 1. The molecule has 0 spiro atoms. The molecule has 3 aliphatic rings. The number of carbonyl (C=O) groups excluding carboxylic acids is 1. The van der Waals surface area contributed by atoms with E-state index in [9.17, 15) is 4.79 Å². The molecular weight excluding hydrogens is 352 g/mol. The van der Waals surface area contributed by atoms with Gasteiger partial charge >= 0.3 is 0 Å². The van der Waals surface area contributed by atoms with E-state index in [2.05, 4.69) is 40.7 Å². The highest BCUT2D eigenvalue weighted by Gasteiger charge is 2.39. The Hall–Kier alpha value is -1.43. The highest BCUT2D eigenvalue weighted by Crippen LogP contribution is 2.36. The van der Waals surface area contributed by atoms with Gasteiger partial charge in [-0.25, -0.2) is 0 Å². The third-order valence-corrected chi connectivity index (χ3v) is 6.66. The lowest BCUT2D eigenvalue weighted by Crippen LogP contribution is -2.48. The molecule has 3 fully saturated rings. The molecule has 1 amide bonds. The molecule has 6 nitrogen and oxygen atoms in total. The van der Waals surface area contributed by atoms with Gasteiger partial charge in [-0.2, -0.15) is 4.98 Å². The smallest absolute Gasteiger partial charge is 0.232 e. The number of hydrogen-bond acceptors (Lipinski definition) is 5. The first-order chi connectivity index (χ1) is 13.4. The first kappa shape index (κ1) is 19.9. The lowest BCUT2D eigenvalue weighted by Gasteiger charge is -2.40. The summed E-state index contributed by atoms with van der Waals surface area (Å²) in [4.78, 5) is 22.2. The van der Waals surface area contributed by atoms with E-state index in [1.807, 2.05) is 0 Å². The standard InChI is InChI=1S/C22H36N4O2/c1-22(2,3)21-23-19(24-28-21)15-25-13-10-16(11-14-25)18-7-5-4-6-12-26(18)20(27)17-8-9-17/h16-18H,4-15H2,1-3H3/t18-/m1/s1. The molecule has 2 aliphatic heterocycles. The van der Waals surface area contributed by atoms with Crippen molar-refractivity contribution in [3.63, 3.8) is 0 Å². The number of piperidine rings is 1. The third kappa shape index (κ3) is 4.58. The van der Waals surface area contributed by atoms with Crippen LogP contribution in [0.15, 0.2) is 4.52 Å². The van der Waals surface area contributed by atoms with Gasteiger partial charge in [0.2, 0.25) is 11.8 Å². The molecule has 4 rings (SSSR count). The number of likely N-dealkylation sites (tertiary alicyclic amines) is 2. The summed E-state index contributed by atoms with van der Waals surface area (Å²) in [6.45, 7) is 10.2. The van der Waals surface area contributed by atoms with Crippen molar-refractivity contribution in [1.82, 2.24) is 19.9 Å². The zero-order chi connectivity index (χ0) is 19.7. The highest BCUT2D eigenvalue weighted by molar-refractivity contribution is 5.81. The van der Waals surface area contributed by atoms with Crippen LogP contribution in [0.3, 0.4) is 0 Å². The van der Waals surface area contributed by atoms with E-state index >= 15 is 0 Å². The molecule has 0 unspecified atom stereocenters. The Balaban J connectivity index is 1.33. The summed E-state index contributed by atoms with van der Waals surface area (Å²) in [5, 5.41) is 4.18. The van der Waals surface area contributed by atoms with Crippen LogP contribution >= 0.6 is 0 Å². The molecule has 3 heterocycles. The van der Waals surface area contributed by atoms with Gasteiger partial charge in [0, 0.05) is 23.9 Å². The molecule has 0 bridgehead atoms. The molecule has 156 valence electrons. The Morgan fingerprint density at radius 2 is 1.79 bits per heavy atom. The Labute approximate surface area is 169 Å². The van der Waals surface area contributed by atoms with Gasteiger partial charge in [0.1, 0.15) is 0 Å². The van der Waals surface area contributed by atoms with Gasteiger partial charge < -0.3 is 9.42 Å². The maximum Gasteiger partial charge on any atom is 0.232 e. The normalized spacial score (nSPS) is 25.7. The summed E-state index contributed by atoms with van der Waals surface area (Å²) in [6.07, 6.45) is 9.50. The largest absolute Gasteiger partial charge is 0.339 e. The van der Waals surface area contributed by atoms with Crippen molar-refractivity contribution in [2.75, 3.05) is 19.6 Å². The number of rotatable bonds is 4. The van der Waals surface area contributed by atoms with Crippen LogP contribution in [0.2, 0.25) is 0 Å². The van der Waals surface area contributed by atoms with Crippen molar-refractivity contribution in [3.8, 4) is 0 Å². The Kier molecular flexibility index (Phi) is 5.77. The van der Waals surface area contributed by atoms with E-state index in [1.165, 1.54) is 38.5 Å². The summed E-state index contributed by atoms with van der Waals surface area (Å²) in [5.41, 5.74) is -0.102. The fraction of sp³-hybridized carbons (Fsp3) is 0.864. The van der Waals surface area contributed by atoms with Crippen LogP contribution in [0.25, 0.3) is 0 Å². The van der Waals surface area contributed by atoms with Crippen LogP contribution in [0.5, 0.6) is 0 Å². The molecule has 1 saturated carbocycles. The van der Waals surface area contributed by atoms with Crippen LogP contribution in [-0.4, -0.2) is 51.5 Å². The SMILES string of the molecule is CC(C)(C)c1nc(CN2CCC([C@H]3CCCCCN3C(=O)C3CC3)CC2)no1. The molecule has 2 saturated heterocycles. The van der Waals surface area contributed by atoms with Crippen LogP contribution < -0.4 is 0 Å². The molecule has 1 aromatic rings. The van der Waals surface area contributed by atoms with E-state index in [0.29, 0.717) is 29.7 Å². The van der Waals surface area contributed by atoms with Crippen molar-refractivity contribution in [3.05, 3.63) is 11.7 Å². The van der Waals surface area contributed by atoms with Gasteiger partial charge in [-0.1, -0.05) is 38.8 Å². The summed E-state index contributed by atoms with van der Waals surface area (Å²) >= 11 is 0. The molecule has 28 heavy (non-hydrogen) atoms. The quantitative estimate of drug-likeness (QED) is 0.786.